The number of nitrogens with one attached hydrogen (secondary N) is 1. The highest BCUT2D eigenvalue weighted by atomic mass is 16.3. The molecule has 5 heteroatoms. The highest BCUT2D eigenvalue weighted by Crippen LogP contribution is 2.16. The van der Waals surface area contributed by atoms with Crippen LogP contribution in [0.1, 0.15) is 30.3 Å². The second kappa shape index (κ2) is 5.71. The summed E-state index contributed by atoms with van der Waals surface area (Å²) in [5.41, 5.74) is 0. The predicted molar refractivity (Wildman–Crippen MR) is 66.0 cm³/mol. The summed E-state index contributed by atoms with van der Waals surface area (Å²) >= 11 is 0. The second-order valence-corrected chi connectivity index (χ2v) is 4.64. The summed E-state index contributed by atoms with van der Waals surface area (Å²) in [6.45, 7) is 3.82. The third-order valence-corrected chi connectivity index (χ3v) is 3.36. The number of furan rings is 1. The zero-order valence-corrected chi connectivity index (χ0v) is 10.5. The minimum Gasteiger partial charge on any atom is -0.459 e. The fourth-order valence-corrected chi connectivity index (χ4v) is 2.18. The SMILES string of the molecule is CC(=O)N1CCC(CNC(=O)c2ccco2)CC1. The summed E-state index contributed by atoms with van der Waals surface area (Å²) in [6, 6.07) is 3.34. The summed E-state index contributed by atoms with van der Waals surface area (Å²) < 4.78 is 5.02. The van der Waals surface area contributed by atoms with E-state index < -0.39 is 0 Å². The summed E-state index contributed by atoms with van der Waals surface area (Å²) in [6.07, 6.45) is 3.37. The van der Waals surface area contributed by atoms with Crippen molar-refractivity contribution in [3.05, 3.63) is 24.2 Å². The Morgan fingerprint density at radius 3 is 2.72 bits per heavy atom. The smallest absolute Gasteiger partial charge is 0.286 e. The molecule has 1 N–H and O–H groups in total. The van der Waals surface area contributed by atoms with Crippen LogP contribution in [-0.2, 0) is 4.79 Å². The molecule has 18 heavy (non-hydrogen) atoms. The maximum Gasteiger partial charge on any atom is 0.286 e. The Balaban J connectivity index is 1.72. The van der Waals surface area contributed by atoms with Crippen LogP contribution in [0.25, 0.3) is 0 Å². The molecule has 2 amide bonds. The summed E-state index contributed by atoms with van der Waals surface area (Å²) in [5.74, 6) is 0.748. The van der Waals surface area contributed by atoms with Crippen molar-refractivity contribution in [3.63, 3.8) is 0 Å². The van der Waals surface area contributed by atoms with Gasteiger partial charge in [0.25, 0.3) is 5.91 Å². The average Bonchev–Trinajstić information content (AvgIpc) is 2.90. The summed E-state index contributed by atoms with van der Waals surface area (Å²) in [5, 5.41) is 2.86. The number of hydrogen-bond donors (Lipinski definition) is 1. The van der Waals surface area contributed by atoms with Crippen molar-refractivity contribution >= 4 is 11.8 Å². The van der Waals surface area contributed by atoms with Crippen molar-refractivity contribution in [2.24, 2.45) is 5.92 Å². The molecule has 2 rings (SSSR count). The van der Waals surface area contributed by atoms with E-state index in [0.29, 0.717) is 18.2 Å². The van der Waals surface area contributed by atoms with E-state index in [1.54, 1.807) is 19.1 Å². The molecule has 1 aliphatic rings. The van der Waals surface area contributed by atoms with E-state index in [2.05, 4.69) is 5.32 Å². The van der Waals surface area contributed by atoms with Crippen LogP contribution in [-0.4, -0.2) is 36.3 Å². The molecule has 5 nitrogen and oxygen atoms in total. The van der Waals surface area contributed by atoms with Gasteiger partial charge in [-0.05, 0) is 30.9 Å². The Labute approximate surface area is 106 Å². The lowest BCUT2D eigenvalue weighted by atomic mass is 9.97. The molecule has 2 heterocycles. The first-order chi connectivity index (χ1) is 8.66. The molecule has 1 fully saturated rings. The molecule has 0 atom stereocenters. The molecule has 0 aliphatic carbocycles. The van der Waals surface area contributed by atoms with Gasteiger partial charge in [-0.1, -0.05) is 0 Å². The van der Waals surface area contributed by atoms with E-state index in [-0.39, 0.29) is 11.8 Å². The fourth-order valence-electron chi connectivity index (χ4n) is 2.18. The molecule has 1 saturated heterocycles. The van der Waals surface area contributed by atoms with Crippen molar-refractivity contribution in [1.82, 2.24) is 10.2 Å². The molecule has 0 aromatic carbocycles. The number of carbonyl (C=O) groups is 2. The van der Waals surface area contributed by atoms with Gasteiger partial charge in [-0.25, -0.2) is 0 Å². The van der Waals surface area contributed by atoms with E-state index in [0.717, 1.165) is 25.9 Å². The fraction of sp³-hybridized carbons (Fsp3) is 0.538. The second-order valence-electron chi connectivity index (χ2n) is 4.64. The minimum absolute atomic E-state index is 0.132. The maximum atomic E-state index is 11.7. The van der Waals surface area contributed by atoms with Gasteiger partial charge in [-0.3, -0.25) is 9.59 Å². The molecular weight excluding hydrogens is 232 g/mol. The number of rotatable bonds is 3. The van der Waals surface area contributed by atoms with Gasteiger partial charge in [-0.2, -0.15) is 0 Å². The van der Waals surface area contributed by atoms with Crippen molar-refractivity contribution in [1.29, 1.82) is 0 Å². The molecule has 98 valence electrons. The van der Waals surface area contributed by atoms with Gasteiger partial charge in [-0.15, -0.1) is 0 Å². The molecule has 0 bridgehead atoms. The number of nitrogens with zero attached hydrogens (tertiary/aromatic N) is 1. The molecule has 0 radical (unpaired) electrons. The monoisotopic (exact) mass is 250 g/mol. The Morgan fingerprint density at radius 1 is 1.44 bits per heavy atom. The lowest BCUT2D eigenvalue weighted by Crippen LogP contribution is -2.40. The Kier molecular flexibility index (Phi) is 4.02. The van der Waals surface area contributed by atoms with Crippen LogP contribution in [0.2, 0.25) is 0 Å². The normalized spacial score (nSPS) is 16.6. The van der Waals surface area contributed by atoms with Gasteiger partial charge >= 0.3 is 0 Å². The summed E-state index contributed by atoms with van der Waals surface area (Å²) in [4.78, 5) is 24.7. The number of carbonyl (C=O) groups excluding carboxylic acids is 2. The van der Waals surface area contributed by atoms with Crippen molar-refractivity contribution in [3.8, 4) is 0 Å². The van der Waals surface area contributed by atoms with Gasteiger partial charge in [0.15, 0.2) is 5.76 Å². The number of hydrogen-bond acceptors (Lipinski definition) is 3. The highest BCUT2D eigenvalue weighted by Gasteiger charge is 2.21. The van der Waals surface area contributed by atoms with Crippen LogP contribution in [0.15, 0.2) is 22.8 Å². The van der Waals surface area contributed by atoms with E-state index in [4.69, 9.17) is 4.42 Å². The maximum absolute atomic E-state index is 11.7. The van der Waals surface area contributed by atoms with Crippen molar-refractivity contribution in [2.75, 3.05) is 19.6 Å². The van der Waals surface area contributed by atoms with Crippen LogP contribution in [0.4, 0.5) is 0 Å². The van der Waals surface area contributed by atoms with Gasteiger partial charge in [0.1, 0.15) is 0 Å². The van der Waals surface area contributed by atoms with Gasteiger partial charge in [0.2, 0.25) is 5.91 Å². The molecule has 1 aliphatic heterocycles. The zero-order chi connectivity index (χ0) is 13.0. The number of amides is 2. The van der Waals surface area contributed by atoms with Crippen LogP contribution in [0.3, 0.4) is 0 Å². The van der Waals surface area contributed by atoms with Crippen molar-refractivity contribution in [2.45, 2.75) is 19.8 Å². The largest absolute Gasteiger partial charge is 0.459 e. The van der Waals surface area contributed by atoms with E-state index >= 15 is 0 Å². The Morgan fingerprint density at radius 2 is 2.17 bits per heavy atom. The Hall–Kier alpha value is -1.78. The molecule has 0 unspecified atom stereocenters. The molecule has 0 saturated carbocycles. The Bertz CT molecular complexity index is 406. The molecular formula is C13H18N2O3. The van der Waals surface area contributed by atoms with Crippen LogP contribution in [0.5, 0.6) is 0 Å². The number of likely N-dealkylation sites (tertiary alicyclic amines) is 1. The lowest BCUT2D eigenvalue weighted by Gasteiger charge is -2.31. The third kappa shape index (κ3) is 3.12. The first-order valence-electron chi connectivity index (χ1n) is 6.24. The predicted octanol–water partition coefficient (Wildman–Crippen LogP) is 1.27. The first kappa shape index (κ1) is 12.7. The van der Waals surface area contributed by atoms with E-state index in [9.17, 15) is 9.59 Å². The van der Waals surface area contributed by atoms with Gasteiger partial charge in [0.05, 0.1) is 6.26 Å². The summed E-state index contributed by atoms with van der Waals surface area (Å²) in [7, 11) is 0. The zero-order valence-electron chi connectivity index (χ0n) is 10.5. The lowest BCUT2D eigenvalue weighted by molar-refractivity contribution is -0.130. The molecule has 0 spiro atoms. The minimum atomic E-state index is -0.172. The standard InChI is InChI=1S/C13H18N2O3/c1-10(16)15-6-4-11(5-7-15)9-14-13(17)12-3-2-8-18-12/h2-3,8,11H,4-7,9H2,1H3,(H,14,17). The molecule has 1 aromatic rings. The van der Waals surface area contributed by atoms with E-state index in [1.807, 2.05) is 4.90 Å². The topological polar surface area (TPSA) is 62.6 Å². The van der Waals surface area contributed by atoms with Crippen LogP contribution < -0.4 is 5.32 Å². The van der Waals surface area contributed by atoms with Crippen LogP contribution >= 0.6 is 0 Å². The van der Waals surface area contributed by atoms with Gasteiger partial charge in [0, 0.05) is 26.6 Å². The van der Waals surface area contributed by atoms with Crippen LogP contribution in [0, 0.1) is 5.92 Å². The van der Waals surface area contributed by atoms with E-state index in [1.165, 1.54) is 6.26 Å². The third-order valence-electron chi connectivity index (χ3n) is 3.36. The average molecular weight is 250 g/mol. The quantitative estimate of drug-likeness (QED) is 0.878. The molecule has 1 aromatic heterocycles. The first-order valence-corrected chi connectivity index (χ1v) is 6.24. The van der Waals surface area contributed by atoms with Crippen molar-refractivity contribution < 1.29 is 14.0 Å². The number of piperidine rings is 1. The van der Waals surface area contributed by atoms with Gasteiger partial charge < -0.3 is 14.6 Å². The highest BCUT2D eigenvalue weighted by molar-refractivity contribution is 5.91.